The van der Waals surface area contributed by atoms with Crippen LogP contribution in [0.3, 0.4) is 0 Å². The lowest BCUT2D eigenvalue weighted by Gasteiger charge is -2.34. The molecule has 0 bridgehead atoms. The summed E-state index contributed by atoms with van der Waals surface area (Å²) in [5.74, 6) is -4.84. The van der Waals surface area contributed by atoms with Gasteiger partial charge in [-0.05, 0) is 17.7 Å². The molecule has 2 aliphatic rings. The van der Waals surface area contributed by atoms with Crippen molar-refractivity contribution in [1.82, 2.24) is 0 Å². The number of hydrogen-bond acceptors (Lipinski definition) is 10. The van der Waals surface area contributed by atoms with Crippen LogP contribution in [-0.2, 0) is 38.1 Å². The first-order valence-electron chi connectivity index (χ1n) is 10.1. The van der Waals surface area contributed by atoms with Crippen molar-refractivity contribution in [2.24, 2.45) is 11.8 Å². The Labute approximate surface area is 185 Å². The predicted molar refractivity (Wildman–Crippen MR) is 109 cm³/mol. The molecular weight excluding hydrogens is 424 g/mol. The minimum atomic E-state index is -1.53. The van der Waals surface area contributed by atoms with Crippen LogP contribution >= 0.6 is 0 Å². The lowest BCUT2D eigenvalue weighted by molar-refractivity contribution is -0.172. The number of aliphatic hydroxyl groups is 2. The van der Waals surface area contributed by atoms with Crippen molar-refractivity contribution in [3.05, 3.63) is 35.5 Å². The molecular formula is C22H28O10. The van der Waals surface area contributed by atoms with E-state index in [1.807, 2.05) is 0 Å². The first-order chi connectivity index (χ1) is 15.0. The van der Waals surface area contributed by atoms with Crippen LogP contribution in [0.1, 0.15) is 27.2 Å². The van der Waals surface area contributed by atoms with Crippen molar-refractivity contribution in [3.8, 4) is 0 Å². The quantitative estimate of drug-likeness (QED) is 0.260. The van der Waals surface area contributed by atoms with E-state index in [0.717, 1.165) is 20.1 Å². The number of methoxy groups -OCH3 is 1. The van der Waals surface area contributed by atoms with Crippen molar-refractivity contribution >= 4 is 23.9 Å². The summed E-state index contributed by atoms with van der Waals surface area (Å²) in [6, 6.07) is 0. The van der Waals surface area contributed by atoms with E-state index in [1.165, 1.54) is 6.08 Å². The molecule has 2 rings (SSSR count). The average molecular weight is 452 g/mol. The first-order valence-corrected chi connectivity index (χ1v) is 10.1. The molecule has 0 radical (unpaired) electrons. The molecule has 0 unspecified atom stereocenters. The van der Waals surface area contributed by atoms with Crippen molar-refractivity contribution in [2.75, 3.05) is 13.7 Å². The van der Waals surface area contributed by atoms with E-state index in [1.54, 1.807) is 13.8 Å². The smallest absolute Gasteiger partial charge is 0.337 e. The highest BCUT2D eigenvalue weighted by Gasteiger charge is 2.51. The highest BCUT2D eigenvalue weighted by atomic mass is 16.6. The highest BCUT2D eigenvalue weighted by molar-refractivity contribution is 5.93. The van der Waals surface area contributed by atoms with Gasteiger partial charge in [0.1, 0.15) is 6.10 Å². The van der Waals surface area contributed by atoms with Gasteiger partial charge < -0.3 is 29.2 Å². The third-order valence-corrected chi connectivity index (χ3v) is 5.10. The molecule has 10 nitrogen and oxygen atoms in total. The lowest BCUT2D eigenvalue weighted by Crippen LogP contribution is -2.47. The zero-order valence-electron chi connectivity index (χ0n) is 18.4. The number of esters is 4. The molecule has 0 spiro atoms. The fourth-order valence-electron chi connectivity index (χ4n) is 3.56. The van der Waals surface area contributed by atoms with Crippen LogP contribution < -0.4 is 0 Å². The second-order valence-corrected chi connectivity index (χ2v) is 7.88. The first kappa shape index (κ1) is 25.3. The van der Waals surface area contributed by atoms with Crippen molar-refractivity contribution in [3.63, 3.8) is 0 Å². The number of fused-ring (bicyclic) bond motifs is 1. The predicted octanol–water partition coefficient (Wildman–Crippen LogP) is 0.366. The molecule has 32 heavy (non-hydrogen) atoms. The van der Waals surface area contributed by atoms with E-state index in [0.29, 0.717) is 5.57 Å². The summed E-state index contributed by atoms with van der Waals surface area (Å²) < 4.78 is 21.1. The molecule has 1 aliphatic heterocycles. The third kappa shape index (κ3) is 5.63. The van der Waals surface area contributed by atoms with Crippen LogP contribution in [0.25, 0.3) is 0 Å². The van der Waals surface area contributed by atoms with E-state index in [2.05, 4.69) is 6.58 Å². The van der Waals surface area contributed by atoms with Crippen molar-refractivity contribution in [2.45, 2.75) is 51.6 Å². The lowest BCUT2D eigenvalue weighted by atomic mass is 9.83. The Morgan fingerprint density at radius 1 is 1.25 bits per heavy atom. The normalized spacial score (nSPS) is 31.4. The molecule has 2 N–H and O–H groups in total. The fraction of sp³-hybridized carbons (Fsp3) is 0.545. The van der Waals surface area contributed by atoms with Gasteiger partial charge in [0.2, 0.25) is 0 Å². The summed E-state index contributed by atoms with van der Waals surface area (Å²) >= 11 is 0. The maximum absolute atomic E-state index is 12.6. The number of aliphatic hydroxyl groups excluding tert-OH is 2. The zero-order valence-corrected chi connectivity index (χ0v) is 18.4. The second-order valence-electron chi connectivity index (χ2n) is 7.88. The summed E-state index contributed by atoms with van der Waals surface area (Å²) in [6.45, 7) is 7.53. The molecule has 1 fully saturated rings. The molecule has 0 amide bonds. The standard InChI is InChI=1S/C22H28O10/c1-10(2)20(26)32-19-17-11(3)21(27)31-16(17)7-13(9-23)6-14(25)8-15(22(28)29-5)18(19)30-12(4)24/h7-8,10,14,16-19,23,25H,3,6,9H2,1-2,4-5H3/b13-7+,15-8+/t14-,16+,17-,18-,19-/m0/s1. The van der Waals surface area contributed by atoms with Gasteiger partial charge >= 0.3 is 23.9 Å². The molecule has 0 saturated carbocycles. The minimum absolute atomic E-state index is 0.0624. The Morgan fingerprint density at radius 2 is 1.91 bits per heavy atom. The van der Waals surface area contributed by atoms with Gasteiger partial charge in [-0.2, -0.15) is 0 Å². The van der Waals surface area contributed by atoms with Gasteiger partial charge in [-0.1, -0.05) is 20.4 Å². The van der Waals surface area contributed by atoms with Crippen molar-refractivity contribution < 1.29 is 48.3 Å². The summed E-state index contributed by atoms with van der Waals surface area (Å²) in [4.78, 5) is 49.4. The Kier molecular flexibility index (Phi) is 8.34. The summed E-state index contributed by atoms with van der Waals surface area (Å²) in [7, 11) is 1.09. The largest absolute Gasteiger partial charge is 0.466 e. The Hall–Kier alpha value is -2.98. The molecule has 0 aromatic carbocycles. The SMILES string of the molecule is C=C1C(=O)O[C@@H]2/C=C(/CO)C[C@H](O)/C=C(/C(=O)OC)[C@H](OC(C)=O)[C@@H](OC(=O)C(C)C)[C@@H]12. The number of carbonyl (C=O) groups is 4. The monoisotopic (exact) mass is 452 g/mol. The van der Waals surface area contributed by atoms with E-state index in [4.69, 9.17) is 18.9 Å². The van der Waals surface area contributed by atoms with E-state index < -0.39 is 66.7 Å². The maximum Gasteiger partial charge on any atom is 0.337 e. The van der Waals surface area contributed by atoms with Gasteiger partial charge in [0.15, 0.2) is 12.2 Å². The molecule has 5 atom stereocenters. The van der Waals surface area contributed by atoms with E-state index in [9.17, 15) is 29.4 Å². The second kappa shape index (κ2) is 10.6. The van der Waals surface area contributed by atoms with Gasteiger partial charge in [-0.15, -0.1) is 0 Å². The highest BCUT2D eigenvalue weighted by Crippen LogP contribution is 2.38. The minimum Gasteiger partial charge on any atom is -0.466 e. The average Bonchev–Trinajstić information content (AvgIpc) is 3.00. The van der Waals surface area contributed by atoms with Crippen molar-refractivity contribution in [1.29, 1.82) is 0 Å². The van der Waals surface area contributed by atoms with Crippen LogP contribution in [0, 0.1) is 11.8 Å². The van der Waals surface area contributed by atoms with Gasteiger partial charge in [0.25, 0.3) is 0 Å². The Balaban J connectivity index is 2.77. The van der Waals surface area contributed by atoms with Gasteiger partial charge in [0, 0.05) is 18.9 Å². The molecule has 10 heteroatoms. The van der Waals surface area contributed by atoms with E-state index in [-0.39, 0.29) is 17.6 Å². The number of ether oxygens (including phenoxy) is 4. The van der Waals surface area contributed by atoms with Gasteiger partial charge in [-0.3, -0.25) is 9.59 Å². The van der Waals surface area contributed by atoms with Crippen LogP contribution in [-0.4, -0.2) is 72.2 Å². The summed E-state index contributed by atoms with van der Waals surface area (Å²) in [5.41, 5.74) is -0.0373. The van der Waals surface area contributed by atoms with E-state index >= 15 is 0 Å². The van der Waals surface area contributed by atoms with Gasteiger partial charge in [0.05, 0.1) is 37.2 Å². The van der Waals surface area contributed by atoms with Crippen LogP contribution in [0.5, 0.6) is 0 Å². The summed E-state index contributed by atoms with van der Waals surface area (Å²) in [5, 5.41) is 20.2. The number of hydrogen-bond donors (Lipinski definition) is 2. The van der Waals surface area contributed by atoms with Crippen LogP contribution in [0.15, 0.2) is 35.5 Å². The molecule has 0 aromatic heterocycles. The molecule has 0 aromatic rings. The molecule has 1 aliphatic carbocycles. The van der Waals surface area contributed by atoms with Crippen LogP contribution in [0.2, 0.25) is 0 Å². The van der Waals surface area contributed by atoms with Crippen LogP contribution in [0.4, 0.5) is 0 Å². The maximum atomic E-state index is 12.6. The molecule has 1 saturated heterocycles. The topological polar surface area (TPSA) is 146 Å². The summed E-state index contributed by atoms with van der Waals surface area (Å²) in [6.07, 6.45) is -2.84. The number of carbonyl (C=O) groups excluding carboxylic acids is 4. The fourth-order valence-corrected chi connectivity index (χ4v) is 3.56. The Morgan fingerprint density at radius 3 is 2.44 bits per heavy atom. The third-order valence-electron chi connectivity index (χ3n) is 5.10. The molecule has 1 heterocycles. The molecule has 176 valence electrons. The number of rotatable bonds is 5. The van der Waals surface area contributed by atoms with Gasteiger partial charge in [-0.25, -0.2) is 9.59 Å². The zero-order chi connectivity index (χ0) is 24.2. The Bertz CT molecular complexity index is 853.